The Bertz CT molecular complexity index is 604. The van der Waals surface area contributed by atoms with E-state index in [2.05, 4.69) is 19.2 Å². The summed E-state index contributed by atoms with van der Waals surface area (Å²) in [4.78, 5) is 12.4. The molecule has 1 heterocycles. The Morgan fingerprint density at radius 2 is 2.00 bits per heavy atom. The van der Waals surface area contributed by atoms with Gasteiger partial charge in [-0.15, -0.1) is 0 Å². The van der Waals surface area contributed by atoms with Gasteiger partial charge in [0.25, 0.3) is 5.56 Å². The molecular weight excluding hydrogens is 240 g/mol. The van der Waals surface area contributed by atoms with Gasteiger partial charge in [0, 0.05) is 31.3 Å². The molecule has 0 saturated carbocycles. The quantitative estimate of drug-likeness (QED) is 0.895. The molecule has 0 radical (unpaired) electrons. The van der Waals surface area contributed by atoms with E-state index in [1.165, 1.54) is 0 Å². The van der Waals surface area contributed by atoms with Crippen LogP contribution < -0.4 is 10.9 Å². The van der Waals surface area contributed by atoms with E-state index >= 15 is 0 Å². The molecule has 4 heteroatoms. The third-order valence-corrected chi connectivity index (χ3v) is 3.12. The van der Waals surface area contributed by atoms with Gasteiger partial charge in [0.2, 0.25) is 0 Å². The van der Waals surface area contributed by atoms with Gasteiger partial charge in [0.1, 0.15) is 6.23 Å². The van der Waals surface area contributed by atoms with Crippen LogP contribution in [0.2, 0.25) is 0 Å². The lowest BCUT2D eigenvalue weighted by Gasteiger charge is -2.20. The summed E-state index contributed by atoms with van der Waals surface area (Å²) < 4.78 is 7.05. The van der Waals surface area contributed by atoms with Gasteiger partial charge in [-0.3, -0.25) is 9.36 Å². The maximum atomic E-state index is 12.4. The van der Waals surface area contributed by atoms with Crippen molar-refractivity contribution >= 4 is 10.8 Å². The SMILES string of the molecule is COC(CNC(C)C)n1ccc2ccccc2c1=O. The molecule has 4 nitrogen and oxygen atoms in total. The first-order valence-corrected chi connectivity index (χ1v) is 6.49. The molecule has 102 valence electrons. The molecule has 0 bridgehead atoms. The Balaban J connectivity index is 2.38. The highest BCUT2D eigenvalue weighted by Gasteiger charge is 2.12. The molecule has 0 saturated heterocycles. The second-order valence-corrected chi connectivity index (χ2v) is 4.87. The van der Waals surface area contributed by atoms with E-state index in [-0.39, 0.29) is 11.8 Å². The lowest BCUT2D eigenvalue weighted by molar-refractivity contribution is 0.0404. The third kappa shape index (κ3) is 3.03. The number of nitrogens with one attached hydrogen (secondary N) is 1. The van der Waals surface area contributed by atoms with Crippen molar-refractivity contribution in [2.45, 2.75) is 26.1 Å². The molecule has 0 aliphatic rings. The zero-order valence-corrected chi connectivity index (χ0v) is 11.6. The monoisotopic (exact) mass is 260 g/mol. The molecule has 19 heavy (non-hydrogen) atoms. The molecular formula is C15H20N2O2. The highest BCUT2D eigenvalue weighted by Crippen LogP contribution is 2.11. The lowest BCUT2D eigenvalue weighted by atomic mass is 10.2. The van der Waals surface area contributed by atoms with Gasteiger partial charge in [-0.2, -0.15) is 0 Å². The van der Waals surface area contributed by atoms with E-state index in [0.717, 1.165) is 10.8 Å². The van der Waals surface area contributed by atoms with Crippen LogP contribution >= 0.6 is 0 Å². The largest absolute Gasteiger partial charge is 0.360 e. The zero-order valence-electron chi connectivity index (χ0n) is 11.6. The Morgan fingerprint density at radius 1 is 1.26 bits per heavy atom. The van der Waals surface area contributed by atoms with E-state index in [4.69, 9.17) is 4.74 Å². The maximum absolute atomic E-state index is 12.4. The molecule has 1 N–H and O–H groups in total. The van der Waals surface area contributed by atoms with Crippen LogP contribution in [0, 0.1) is 0 Å². The van der Waals surface area contributed by atoms with Gasteiger partial charge in [-0.05, 0) is 17.5 Å². The molecule has 0 fully saturated rings. The fraction of sp³-hybridized carbons (Fsp3) is 0.400. The Morgan fingerprint density at radius 3 is 2.68 bits per heavy atom. The van der Waals surface area contributed by atoms with Crippen LogP contribution in [0.25, 0.3) is 10.8 Å². The first kappa shape index (κ1) is 13.8. The maximum Gasteiger partial charge on any atom is 0.260 e. The number of hydrogen-bond donors (Lipinski definition) is 1. The average molecular weight is 260 g/mol. The van der Waals surface area contributed by atoms with Gasteiger partial charge >= 0.3 is 0 Å². The fourth-order valence-electron chi connectivity index (χ4n) is 2.06. The normalized spacial score (nSPS) is 13.1. The van der Waals surface area contributed by atoms with Crippen molar-refractivity contribution in [1.82, 2.24) is 9.88 Å². The van der Waals surface area contributed by atoms with E-state index in [1.807, 2.05) is 30.3 Å². The molecule has 0 aliphatic heterocycles. The molecule has 0 amide bonds. The zero-order chi connectivity index (χ0) is 13.8. The van der Waals surface area contributed by atoms with E-state index in [1.54, 1.807) is 17.9 Å². The molecule has 2 aromatic rings. The van der Waals surface area contributed by atoms with Crippen LogP contribution in [0.1, 0.15) is 20.1 Å². The van der Waals surface area contributed by atoms with Gasteiger partial charge in [-0.1, -0.05) is 32.0 Å². The average Bonchev–Trinajstić information content (AvgIpc) is 2.41. The number of pyridine rings is 1. The van der Waals surface area contributed by atoms with Gasteiger partial charge in [0.05, 0.1) is 0 Å². The predicted molar refractivity (Wildman–Crippen MR) is 77.4 cm³/mol. The van der Waals surface area contributed by atoms with E-state index < -0.39 is 0 Å². The Kier molecular flexibility index (Phi) is 4.35. The topological polar surface area (TPSA) is 43.3 Å². The summed E-state index contributed by atoms with van der Waals surface area (Å²) in [6.45, 7) is 4.73. The van der Waals surface area contributed by atoms with Crippen LogP contribution in [0.15, 0.2) is 41.3 Å². The highest BCUT2D eigenvalue weighted by molar-refractivity contribution is 5.81. The first-order chi connectivity index (χ1) is 9.13. The van der Waals surface area contributed by atoms with Crippen LogP contribution in [0.5, 0.6) is 0 Å². The highest BCUT2D eigenvalue weighted by atomic mass is 16.5. The Labute approximate surface area is 113 Å². The number of methoxy groups -OCH3 is 1. The molecule has 1 atom stereocenters. The smallest absolute Gasteiger partial charge is 0.260 e. The van der Waals surface area contributed by atoms with Gasteiger partial charge in [0.15, 0.2) is 0 Å². The fourth-order valence-corrected chi connectivity index (χ4v) is 2.06. The second-order valence-electron chi connectivity index (χ2n) is 4.87. The summed E-state index contributed by atoms with van der Waals surface area (Å²) in [5.41, 5.74) is -0.0180. The van der Waals surface area contributed by atoms with E-state index in [0.29, 0.717) is 12.6 Å². The van der Waals surface area contributed by atoms with Crippen molar-refractivity contribution in [3.8, 4) is 0 Å². The summed E-state index contributed by atoms with van der Waals surface area (Å²) in [6.07, 6.45) is 1.50. The van der Waals surface area contributed by atoms with Crippen molar-refractivity contribution in [2.24, 2.45) is 0 Å². The number of aromatic nitrogens is 1. The molecule has 1 unspecified atom stereocenters. The van der Waals surface area contributed by atoms with Crippen LogP contribution in [0.4, 0.5) is 0 Å². The number of ether oxygens (including phenoxy) is 1. The number of nitrogens with zero attached hydrogens (tertiary/aromatic N) is 1. The number of hydrogen-bond acceptors (Lipinski definition) is 3. The molecule has 0 aliphatic carbocycles. The van der Waals surface area contributed by atoms with Crippen molar-refractivity contribution in [2.75, 3.05) is 13.7 Å². The number of benzene rings is 1. The summed E-state index contributed by atoms with van der Waals surface area (Å²) in [5, 5.41) is 4.96. The van der Waals surface area contributed by atoms with Crippen molar-refractivity contribution in [3.05, 3.63) is 46.9 Å². The Hall–Kier alpha value is -1.65. The summed E-state index contributed by atoms with van der Waals surface area (Å²) in [7, 11) is 1.62. The van der Waals surface area contributed by atoms with Crippen molar-refractivity contribution in [1.29, 1.82) is 0 Å². The third-order valence-electron chi connectivity index (χ3n) is 3.12. The minimum Gasteiger partial charge on any atom is -0.360 e. The summed E-state index contributed by atoms with van der Waals surface area (Å²) in [5.74, 6) is 0. The minimum absolute atomic E-state index is 0.0180. The first-order valence-electron chi connectivity index (χ1n) is 6.49. The molecule has 0 spiro atoms. The molecule has 1 aromatic heterocycles. The van der Waals surface area contributed by atoms with Crippen LogP contribution in [-0.4, -0.2) is 24.3 Å². The minimum atomic E-state index is -0.292. The van der Waals surface area contributed by atoms with Crippen LogP contribution in [-0.2, 0) is 4.74 Å². The van der Waals surface area contributed by atoms with E-state index in [9.17, 15) is 4.79 Å². The summed E-state index contributed by atoms with van der Waals surface area (Å²) in [6, 6.07) is 9.89. The predicted octanol–water partition coefficient (Wildman–Crippen LogP) is 2.14. The molecule has 1 aromatic carbocycles. The lowest BCUT2D eigenvalue weighted by Crippen LogP contribution is -2.35. The van der Waals surface area contributed by atoms with Crippen LogP contribution in [0.3, 0.4) is 0 Å². The summed E-state index contributed by atoms with van der Waals surface area (Å²) >= 11 is 0. The molecule has 2 rings (SSSR count). The number of rotatable bonds is 5. The second kappa shape index (κ2) is 5.99. The van der Waals surface area contributed by atoms with Gasteiger partial charge < -0.3 is 10.1 Å². The standard InChI is InChI=1S/C15H20N2O2/c1-11(2)16-10-14(19-3)17-9-8-12-6-4-5-7-13(12)15(17)18/h4-9,11,14,16H,10H2,1-3H3. The van der Waals surface area contributed by atoms with Crippen molar-refractivity contribution in [3.63, 3.8) is 0 Å². The number of fused-ring (bicyclic) bond motifs is 1. The van der Waals surface area contributed by atoms with Crippen molar-refractivity contribution < 1.29 is 4.74 Å². The van der Waals surface area contributed by atoms with Gasteiger partial charge in [-0.25, -0.2) is 0 Å².